The fourth-order valence-corrected chi connectivity index (χ4v) is 0.253. The third-order valence-electron chi connectivity index (χ3n) is 0.725. The minimum Gasteiger partial charge on any atom is -0.463 e. The zero-order valence-corrected chi connectivity index (χ0v) is 5.41. The summed E-state index contributed by atoms with van der Waals surface area (Å²) in [4.78, 5) is 29.9. The van der Waals surface area contributed by atoms with E-state index in [0.717, 1.165) is 0 Å². The van der Waals surface area contributed by atoms with Crippen LogP contribution < -0.4 is 0 Å². The number of rotatable bonds is 0. The van der Waals surface area contributed by atoms with Crippen LogP contribution in [0.1, 0.15) is 0 Å². The second-order valence-electron chi connectivity index (χ2n) is 1.47. The van der Waals surface area contributed by atoms with Crippen molar-refractivity contribution in [2.45, 2.75) is 0 Å². The molecule has 0 saturated carbocycles. The Morgan fingerprint density at radius 3 is 1.25 bits per heavy atom. The Hall–Kier alpha value is -1.87. The quantitative estimate of drug-likeness (QED) is 0.300. The van der Waals surface area contributed by atoms with Crippen molar-refractivity contribution >= 4 is 18.2 Å². The van der Waals surface area contributed by atoms with Crippen molar-refractivity contribution in [1.29, 1.82) is 0 Å². The molecule has 0 heterocycles. The second kappa shape index (κ2) is 3.50. The lowest BCUT2D eigenvalue weighted by Gasteiger charge is -2.12. The van der Waals surface area contributed by atoms with Gasteiger partial charge in [-0.1, -0.05) is 10.1 Å². The van der Waals surface area contributed by atoms with Crippen LogP contribution in [0.4, 0.5) is 14.4 Å². The molecule has 0 fully saturated rings. The monoisotopic (exact) mass is 180 g/mol. The largest absolute Gasteiger partial charge is 0.463 e. The fraction of sp³-hybridized carbons (Fsp3) is 0. The second-order valence-corrected chi connectivity index (χ2v) is 1.47. The maximum absolute atomic E-state index is 10.3. The summed E-state index contributed by atoms with van der Waals surface area (Å²) in [5.74, 6) is 0. The molecule has 9 nitrogen and oxygen atoms in total. The summed E-state index contributed by atoms with van der Waals surface area (Å²) in [6.45, 7) is 0. The van der Waals surface area contributed by atoms with Crippen molar-refractivity contribution in [3.8, 4) is 0 Å². The fourth-order valence-electron chi connectivity index (χ4n) is 0.253. The van der Waals surface area contributed by atoms with Crippen LogP contribution in [-0.2, 0) is 0 Å². The van der Waals surface area contributed by atoms with Crippen LogP contribution in [0, 0.1) is 0 Å². The molecule has 12 heavy (non-hydrogen) atoms. The summed E-state index contributed by atoms with van der Waals surface area (Å²) in [6, 6.07) is -2.00. The zero-order valence-electron chi connectivity index (χ0n) is 5.41. The predicted octanol–water partition coefficient (Wildman–Crippen LogP) is -0.155. The molecule has 0 aromatic heterocycles. The third kappa shape index (κ3) is 2.07. The van der Waals surface area contributed by atoms with Gasteiger partial charge in [0.05, 0.1) is 0 Å². The molecule has 0 aromatic rings. The molecule has 4 amide bonds. The topological polar surface area (TPSA) is 139 Å². The predicted molar refractivity (Wildman–Crippen MR) is 28.7 cm³/mol. The number of amides is 4. The Balaban J connectivity index is 4.39. The third-order valence-corrected chi connectivity index (χ3v) is 0.725. The average molecular weight is 180 g/mol. The van der Waals surface area contributed by atoms with Gasteiger partial charge in [0, 0.05) is 0 Å². The van der Waals surface area contributed by atoms with E-state index in [9.17, 15) is 14.4 Å². The van der Waals surface area contributed by atoms with E-state index in [2.05, 4.69) is 0 Å². The van der Waals surface area contributed by atoms with Gasteiger partial charge in [-0.2, -0.15) is 0 Å². The van der Waals surface area contributed by atoms with Crippen molar-refractivity contribution in [3.63, 3.8) is 0 Å². The summed E-state index contributed by atoms with van der Waals surface area (Å²) in [5, 5.41) is 30.3. The Kier molecular flexibility index (Phi) is 2.95. The van der Waals surface area contributed by atoms with Crippen LogP contribution in [0.5, 0.6) is 0 Å². The number of urea groups is 1. The molecule has 0 bridgehead atoms. The van der Waals surface area contributed by atoms with Gasteiger partial charge in [-0.25, -0.2) is 14.4 Å². The minimum absolute atomic E-state index is 0.978. The minimum atomic E-state index is -2.11. The van der Waals surface area contributed by atoms with E-state index in [0.29, 0.717) is 0 Å². The molecule has 0 aliphatic carbocycles. The number of hydroxylamine groups is 4. The Morgan fingerprint density at radius 2 is 1.08 bits per heavy atom. The average Bonchev–Trinajstić information content (AvgIpc) is 2.00. The number of carbonyl (C=O) groups excluding carboxylic acids is 1. The summed E-state index contributed by atoms with van der Waals surface area (Å²) >= 11 is 0. The molecule has 0 rings (SSSR count). The van der Waals surface area contributed by atoms with Crippen LogP contribution >= 0.6 is 0 Å². The van der Waals surface area contributed by atoms with Gasteiger partial charge in [-0.3, -0.25) is 10.4 Å². The smallest absolute Gasteiger partial charge is 0.440 e. The maximum Gasteiger partial charge on any atom is 0.440 e. The van der Waals surface area contributed by atoms with Crippen LogP contribution in [0.15, 0.2) is 0 Å². The molecule has 0 aliphatic heterocycles. The summed E-state index contributed by atoms with van der Waals surface area (Å²) in [5.41, 5.74) is 0. The van der Waals surface area contributed by atoms with Crippen LogP contribution in [0.3, 0.4) is 0 Å². The van der Waals surface area contributed by atoms with Gasteiger partial charge in [0.15, 0.2) is 0 Å². The van der Waals surface area contributed by atoms with Gasteiger partial charge in [-0.15, -0.1) is 0 Å². The van der Waals surface area contributed by atoms with Gasteiger partial charge in [0.2, 0.25) is 0 Å². The maximum atomic E-state index is 10.3. The number of imide groups is 2. The van der Waals surface area contributed by atoms with Gasteiger partial charge in [-0.05, 0) is 0 Å². The molecule has 0 radical (unpaired) electrons. The van der Waals surface area contributed by atoms with Gasteiger partial charge < -0.3 is 10.2 Å². The number of hydrogen-bond acceptors (Lipinski definition) is 5. The molecule has 0 atom stereocenters. The molecule has 0 unspecified atom stereocenters. The van der Waals surface area contributed by atoms with Crippen molar-refractivity contribution in [1.82, 2.24) is 10.1 Å². The van der Waals surface area contributed by atoms with E-state index in [1.807, 2.05) is 0 Å². The first kappa shape index (κ1) is 10.1. The molecule has 0 aliphatic rings. The zero-order chi connectivity index (χ0) is 9.89. The number of nitrogens with zero attached hydrogens (tertiary/aromatic N) is 2. The van der Waals surface area contributed by atoms with Crippen molar-refractivity contribution in [3.05, 3.63) is 0 Å². The number of carboxylic acid groups (broad SMARTS) is 2. The lowest BCUT2D eigenvalue weighted by Crippen LogP contribution is -2.44. The highest BCUT2D eigenvalue weighted by molar-refractivity contribution is 5.95. The molecule has 0 aromatic carbocycles. The van der Waals surface area contributed by atoms with Gasteiger partial charge >= 0.3 is 18.2 Å². The highest BCUT2D eigenvalue weighted by Gasteiger charge is 2.28. The van der Waals surface area contributed by atoms with E-state index >= 15 is 0 Å². The summed E-state index contributed by atoms with van der Waals surface area (Å²) < 4.78 is 0. The van der Waals surface area contributed by atoms with E-state index in [-0.39, 0.29) is 0 Å². The van der Waals surface area contributed by atoms with Crippen molar-refractivity contribution in [2.75, 3.05) is 0 Å². The first-order valence-electron chi connectivity index (χ1n) is 2.35. The van der Waals surface area contributed by atoms with Crippen LogP contribution in [0.2, 0.25) is 0 Å². The van der Waals surface area contributed by atoms with E-state index in [1.165, 1.54) is 0 Å². The van der Waals surface area contributed by atoms with E-state index in [1.54, 1.807) is 0 Å². The lowest BCUT2D eigenvalue weighted by atomic mass is 10.8. The van der Waals surface area contributed by atoms with Gasteiger partial charge in [0.1, 0.15) is 0 Å². The number of carbonyl (C=O) groups is 3. The standard InChI is InChI=1S/C3H4N2O7/c6-1(4(11)2(7)8)5(12)3(9)10/h11-12H,(H,7,8)(H,9,10). The van der Waals surface area contributed by atoms with Crippen molar-refractivity contribution < 1.29 is 35.0 Å². The first-order chi connectivity index (χ1) is 5.37. The Labute approximate surface area is 64.6 Å². The number of hydrogen-bond donors (Lipinski definition) is 4. The molecule has 0 spiro atoms. The SMILES string of the molecule is O=C(O)N(O)C(=O)N(O)C(=O)O. The van der Waals surface area contributed by atoms with Crippen LogP contribution in [-0.4, -0.2) is 49.0 Å². The van der Waals surface area contributed by atoms with Crippen LogP contribution in [0.25, 0.3) is 0 Å². The summed E-state index contributed by atoms with van der Waals surface area (Å²) in [6.07, 6.45) is -4.22. The van der Waals surface area contributed by atoms with Crippen molar-refractivity contribution in [2.24, 2.45) is 0 Å². The highest BCUT2D eigenvalue weighted by Crippen LogP contribution is 1.93. The highest BCUT2D eigenvalue weighted by atomic mass is 16.6. The Bertz CT molecular complexity index is 203. The normalized spacial score (nSPS) is 8.83. The van der Waals surface area contributed by atoms with E-state index in [4.69, 9.17) is 20.6 Å². The Morgan fingerprint density at radius 1 is 0.833 bits per heavy atom. The lowest BCUT2D eigenvalue weighted by molar-refractivity contribution is -0.0882. The van der Waals surface area contributed by atoms with Gasteiger partial charge in [0.25, 0.3) is 0 Å². The first-order valence-corrected chi connectivity index (χ1v) is 2.35. The molecule has 0 saturated heterocycles. The molecular weight excluding hydrogens is 176 g/mol. The van der Waals surface area contributed by atoms with E-state index < -0.39 is 28.3 Å². The molecular formula is C3H4N2O7. The molecule has 68 valence electrons. The molecule has 9 heteroatoms. The summed E-state index contributed by atoms with van der Waals surface area (Å²) in [7, 11) is 0. The molecule has 4 N–H and O–H groups in total.